The van der Waals surface area contributed by atoms with Gasteiger partial charge >= 0.3 is 0 Å². The van der Waals surface area contributed by atoms with Crippen LogP contribution in [0, 0.1) is 19.3 Å². The lowest BCUT2D eigenvalue weighted by Crippen LogP contribution is -2.34. The van der Waals surface area contributed by atoms with Crippen LogP contribution in [0.1, 0.15) is 56.8 Å². The second-order valence-electron chi connectivity index (χ2n) is 5.96. The highest BCUT2D eigenvalue weighted by Gasteiger charge is 2.31. The normalized spacial score (nSPS) is 13.4. The van der Waals surface area contributed by atoms with Crippen LogP contribution in [0.15, 0.2) is 12.1 Å². The van der Waals surface area contributed by atoms with Crippen molar-refractivity contribution >= 4 is 0 Å². The first kappa shape index (κ1) is 16.0. The summed E-state index contributed by atoms with van der Waals surface area (Å²) in [5.41, 5.74) is 4.00. The first-order chi connectivity index (χ1) is 8.88. The predicted octanol–water partition coefficient (Wildman–Crippen LogP) is 4.40. The highest BCUT2D eigenvalue weighted by Crippen LogP contribution is 2.41. The minimum atomic E-state index is 0.199. The smallest absolute Gasteiger partial charge is 0.126 e. The Balaban J connectivity index is 3.35. The quantitative estimate of drug-likeness (QED) is 0.821. The number of aryl methyl sites for hydroxylation is 1. The average Bonchev–Trinajstić information content (AvgIpc) is 2.39. The third-order valence-electron chi connectivity index (χ3n) is 4.32. The zero-order chi connectivity index (χ0) is 14.6. The van der Waals surface area contributed by atoms with Gasteiger partial charge in [0.15, 0.2) is 0 Å². The van der Waals surface area contributed by atoms with Crippen molar-refractivity contribution in [3.05, 3.63) is 28.8 Å². The van der Waals surface area contributed by atoms with Gasteiger partial charge in [-0.2, -0.15) is 0 Å². The highest BCUT2D eigenvalue weighted by atomic mass is 16.5. The molecule has 0 fully saturated rings. The first-order valence-electron chi connectivity index (χ1n) is 7.26. The number of hydrogen-bond acceptors (Lipinski definition) is 2. The molecule has 2 heteroatoms. The van der Waals surface area contributed by atoms with Crippen molar-refractivity contribution in [2.75, 3.05) is 13.7 Å². The van der Waals surface area contributed by atoms with Gasteiger partial charge in [0.1, 0.15) is 5.75 Å². The third kappa shape index (κ3) is 3.30. The molecule has 0 saturated carbocycles. The van der Waals surface area contributed by atoms with Crippen LogP contribution in [0.25, 0.3) is 0 Å². The van der Waals surface area contributed by atoms with Gasteiger partial charge in [-0.25, -0.2) is 0 Å². The second-order valence-corrected chi connectivity index (χ2v) is 5.96. The molecule has 108 valence electrons. The van der Waals surface area contributed by atoms with E-state index in [0.717, 1.165) is 18.7 Å². The van der Waals surface area contributed by atoms with Crippen molar-refractivity contribution in [2.24, 2.45) is 5.41 Å². The van der Waals surface area contributed by atoms with Crippen LogP contribution < -0.4 is 10.1 Å². The Morgan fingerprint density at radius 1 is 1.21 bits per heavy atom. The van der Waals surface area contributed by atoms with Crippen LogP contribution in [-0.2, 0) is 0 Å². The largest absolute Gasteiger partial charge is 0.496 e. The Morgan fingerprint density at radius 2 is 1.84 bits per heavy atom. The zero-order valence-electron chi connectivity index (χ0n) is 13.6. The molecule has 1 aromatic rings. The van der Waals surface area contributed by atoms with Crippen LogP contribution in [0.5, 0.6) is 5.75 Å². The minimum absolute atomic E-state index is 0.199. The van der Waals surface area contributed by atoms with Crippen molar-refractivity contribution in [1.82, 2.24) is 5.32 Å². The maximum Gasteiger partial charge on any atom is 0.126 e. The summed E-state index contributed by atoms with van der Waals surface area (Å²) in [6.45, 7) is 14.3. The van der Waals surface area contributed by atoms with Gasteiger partial charge in [0.05, 0.1) is 7.11 Å². The Morgan fingerprint density at radius 3 is 2.32 bits per heavy atom. The number of nitrogens with one attached hydrogen (secondary N) is 1. The van der Waals surface area contributed by atoms with Crippen LogP contribution >= 0.6 is 0 Å². The summed E-state index contributed by atoms with van der Waals surface area (Å²) in [6.07, 6.45) is 1.13. The molecule has 19 heavy (non-hydrogen) atoms. The van der Waals surface area contributed by atoms with Crippen molar-refractivity contribution in [1.29, 1.82) is 0 Å². The zero-order valence-corrected chi connectivity index (χ0v) is 13.6. The molecule has 1 atom stereocenters. The number of ether oxygens (including phenoxy) is 1. The van der Waals surface area contributed by atoms with E-state index >= 15 is 0 Å². The predicted molar refractivity (Wildman–Crippen MR) is 83.0 cm³/mol. The van der Waals surface area contributed by atoms with Crippen LogP contribution in [-0.4, -0.2) is 13.7 Å². The fraction of sp³-hybridized carbons (Fsp3) is 0.647. The molecule has 0 aromatic heterocycles. The molecule has 0 amide bonds. The number of methoxy groups -OCH3 is 1. The van der Waals surface area contributed by atoms with E-state index in [1.54, 1.807) is 7.11 Å². The van der Waals surface area contributed by atoms with Crippen LogP contribution in [0.4, 0.5) is 0 Å². The fourth-order valence-electron chi connectivity index (χ4n) is 2.52. The van der Waals surface area contributed by atoms with Crippen LogP contribution in [0.3, 0.4) is 0 Å². The van der Waals surface area contributed by atoms with E-state index in [1.165, 1.54) is 16.7 Å². The summed E-state index contributed by atoms with van der Waals surface area (Å²) in [4.78, 5) is 0. The summed E-state index contributed by atoms with van der Waals surface area (Å²) < 4.78 is 5.68. The van der Waals surface area contributed by atoms with Gasteiger partial charge in [-0.1, -0.05) is 39.8 Å². The topological polar surface area (TPSA) is 21.3 Å². The average molecular weight is 263 g/mol. The summed E-state index contributed by atoms with van der Waals surface area (Å²) in [6, 6.07) is 4.73. The van der Waals surface area contributed by atoms with Gasteiger partial charge in [0.2, 0.25) is 0 Å². The van der Waals surface area contributed by atoms with Crippen LogP contribution in [0.2, 0.25) is 0 Å². The van der Waals surface area contributed by atoms with Gasteiger partial charge in [0.25, 0.3) is 0 Å². The maximum absolute atomic E-state index is 5.68. The molecule has 1 N–H and O–H groups in total. The van der Waals surface area contributed by atoms with E-state index in [-0.39, 0.29) is 5.41 Å². The molecule has 2 nitrogen and oxygen atoms in total. The molecule has 0 saturated heterocycles. The van der Waals surface area contributed by atoms with E-state index in [4.69, 9.17) is 4.74 Å². The molecule has 0 aliphatic heterocycles. The second kappa shape index (κ2) is 6.42. The minimum Gasteiger partial charge on any atom is -0.496 e. The van der Waals surface area contributed by atoms with E-state index in [1.807, 2.05) is 0 Å². The maximum atomic E-state index is 5.68. The van der Waals surface area contributed by atoms with Gasteiger partial charge in [-0.15, -0.1) is 0 Å². The van der Waals surface area contributed by atoms with Gasteiger partial charge in [-0.05, 0) is 43.4 Å². The standard InChI is InChI=1S/C17H29NO/c1-8-17(5,6)16(18-9-2)14-11-10-12(3)13(4)15(14)19-7/h10-11,16,18H,8-9H2,1-7H3. The fourth-order valence-corrected chi connectivity index (χ4v) is 2.52. The summed E-state index contributed by atoms with van der Waals surface area (Å²) in [7, 11) is 1.77. The third-order valence-corrected chi connectivity index (χ3v) is 4.32. The molecular weight excluding hydrogens is 234 g/mol. The monoisotopic (exact) mass is 263 g/mol. The van der Waals surface area contributed by atoms with Crippen molar-refractivity contribution in [3.63, 3.8) is 0 Å². The molecule has 0 aliphatic rings. The molecule has 0 aliphatic carbocycles. The molecule has 0 radical (unpaired) electrons. The lowest BCUT2D eigenvalue weighted by molar-refractivity contribution is 0.231. The Hall–Kier alpha value is -1.02. The van der Waals surface area contributed by atoms with Gasteiger partial charge in [0, 0.05) is 11.6 Å². The number of benzene rings is 1. The van der Waals surface area contributed by atoms with E-state index in [9.17, 15) is 0 Å². The van der Waals surface area contributed by atoms with Gasteiger partial charge < -0.3 is 10.1 Å². The Bertz CT molecular complexity index is 424. The summed E-state index contributed by atoms with van der Waals surface area (Å²) in [5.74, 6) is 1.03. The van der Waals surface area contributed by atoms with Crippen molar-refractivity contribution < 1.29 is 4.74 Å². The van der Waals surface area contributed by atoms with Crippen molar-refractivity contribution in [3.8, 4) is 5.75 Å². The summed E-state index contributed by atoms with van der Waals surface area (Å²) in [5, 5.41) is 3.63. The SMILES string of the molecule is CCNC(c1ccc(C)c(C)c1OC)C(C)(C)CC. The van der Waals surface area contributed by atoms with Crippen molar-refractivity contribution in [2.45, 2.75) is 54.0 Å². The lowest BCUT2D eigenvalue weighted by atomic mass is 9.77. The molecular formula is C17H29NO. The molecule has 1 unspecified atom stereocenters. The Kier molecular flexibility index (Phi) is 5.42. The number of hydrogen-bond donors (Lipinski definition) is 1. The van der Waals surface area contributed by atoms with Gasteiger partial charge in [-0.3, -0.25) is 0 Å². The number of rotatable bonds is 6. The van der Waals surface area contributed by atoms with E-state index in [0.29, 0.717) is 6.04 Å². The summed E-state index contributed by atoms with van der Waals surface area (Å²) >= 11 is 0. The molecule has 1 aromatic carbocycles. The van der Waals surface area contributed by atoms with E-state index < -0.39 is 0 Å². The first-order valence-corrected chi connectivity index (χ1v) is 7.26. The lowest BCUT2D eigenvalue weighted by Gasteiger charge is -2.35. The van der Waals surface area contributed by atoms with E-state index in [2.05, 4.69) is 59.0 Å². The molecule has 0 spiro atoms. The molecule has 0 heterocycles. The molecule has 0 bridgehead atoms. The highest BCUT2D eigenvalue weighted by molar-refractivity contribution is 5.47. The molecule has 1 rings (SSSR count). The Labute approximate surface area is 118 Å².